The molecule has 0 aliphatic heterocycles. The Labute approximate surface area is 59.5 Å². The molecule has 56 valence electrons. The molecule has 3 N–H and O–H groups in total. The lowest BCUT2D eigenvalue weighted by molar-refractivity contribution is -0.122. The summed E-state index contributed by atoms with van der Waals surface area (Å²) in [7, 11) is 0. The summed E-state index contributed by atoms with van der Waals surface area (Å²) in [5, 5.41) is 8.92. The second kappa shape index (κ2) is 2.73. The van der Waals surface area contributed by atoms with Crippen molar-refractivity contribution in [2.24, 2.45) is 11.7 Å². The van der Waals surface area contributed by atoms with Gasteiger partial charge in [0.2, 0.25) is 5.91 Å². The number of rotatable bonds is 1. The molecule has 0 fully saturated rings. The number of aliphatic hydroxyl groups is 1. The van der Waals surface area contributed by atoms with Gasteiger partial charge in [-0.25, -0.2) is 0 Å². The fourth-order valence-corrected chi connectivity index (χ4v) is 1.08. The minimum atomic E-state index is -0.260. The van der Waals surface area contributed by atoms with Gasteiger partial charge < -0.3 is 10.8 Å². The lowest BCUT2D eigenvalue weighted by atomic mass is 9.93. The van der Waals surface area contributed by atoms with E-state index in [4.69, 9.17) is 10.8 Å². The third-order valence-electron chi connectivity index (χ3n) is 1.79. The number of amides is 1. The smallest absolute Gasteiger partial charge is 0.220 e. The maximum absolute atomic E-state index is 10.6. The Hall–Kier alpha value is -0.990. The van der Waals surface area contributed by atoms with E-state index in [0.717, 1.165) is 0 Å². The van der Waals surface area contributed by atoms with Crippen molar-refractivity contribution in [1.29, 1.82) is 0 Å². The Balaban J connectivity index is 2.50. The van der Waals surface area contributed by atoms with Gasteiger partial charge in [0, 0.05) is 12.3 Å². The standard InChI is InChI=1S/C7H11NO2/c8-7(10)5-1-3-6(9)4-2-5/h3,5,9H,1-2,4H2,(H2,8,10). The number of carbonyl (C=O) groups excluding carboxylic acids is 1. The second-order valence-corrected chi connectivity index (χ2v) is 2.57. The SMILES string of the molecule is NC(=O)C1CC=C(O)CC1. The summed E-state index contributed by atoms with van der Waals surface area (Å²) in [6, 6.07) is 0. The van der Waals surface area contributed by atoms with Crippen molar-refractivity contribution >= 4 is 5.91 Å². The van der Waals surface area contributed by atoms with Crippen molar-refractivity contribution < 1.29 is 9.90 Å². The van der Waals surface area contributed by atoms with E-state index < -0.39 is 0 Å². The first kappa shape index (κ1) is 7.12. The predicted molar refractivity (Wildman–Crippen MR) is 37.2 cm³/mol. The van der Waals surface area contributed by atoms with E-state index in [1.165, 1.54) is 0 Å². The van der Waals surface area contributed by atoms with Crippen LogP contribution in [0.25, 0.3) is 0 Å². The highest BCUT2D eigenvalue weighted by Crippen LogP contribution is 2.20. The van der Waals surface area contributed by atoms with E-state index in [1.807, 2.05) is 0 Å². The molecule has 1 amide bonds. The molecule has 1 aliphatic carbocycles. The van der Waals surface area contributed by atoms with Crippen LogP contribution in [-0.4, -0.2) is 11.0 Å². The fourth-order valence-electron chi connectivity index (χ4n) is 1.08. The van der Waals surface area contributed by atoms with Gasteiger partial charge in [0.25, 0.3) is 0 Å². The van der Waals surface area contributed by atoms with Crippen molar-refractivity contribution in [3.05, 3.63) is 11.8 Å². The topological polar surface area (TPSA) is 63.3 Å². The number of allylic oxidation sites excluding steroid dienone is 2. The van der Waals surface area contributed by atoms with Gasteiger partial charge in [-0.05, 0) is 18.9 Å². The van der Waals surface area contributed by atoms with E-state index in [-0.39, 0.29) is 11.8 Å². The maximum atomic E-state index is 10.6. The highest BCUT2D eigenvalue weighted by Gasteiger charge is 2.18. The summed E-state index contributed by atoms with van der Waals surface area (Å²) < 4.78 is 0. The Morgan fingerprint density at radius 1 is 1.80 bits per heavy atom. The first-order chi connectivity index (χ1) is 4.70. The highest BCUT2D eigenvalue weighted by molar-refractivity contribution is 5.76. The molecule has 10 heavy (non-hydrogen) atoms. The van der Waals surface area contributed by atoms with Crippen LogP contribution in [0.4, 0.5) is 0 Å². The minimum Gasteiger partial charge on any atom is -0.513 e. The van der Waals surface area contributed by atoms with Crippen molar-refractivity contribution in [3.8, 4) is 0 Å². The quantitative estimate of drug-likeness (QED) is 0.565. The first-order valence-corrected chi connectivity index (χ1v) is 3.37. The van der Waals surface area contributed by atoms with Gasteiger partial charge in [0.1, 0.15) is 0 Å². The molecule has 3 nitrogen and oxygen atoms in total. The van der Waals surface area contributed by atoms with Crippen LogP contribution in [0, 0.1) is 5.92 Å². The average Bonchev–Trinajstić information content (AvgIpc) is 1.88. The molecule has 0 bridgehead atoms. The molecule has 0 spiro atoms. The van der Waals surface area contributed by atoms with Gasteiger partial charge in [-0.2, -0.15) is 0 Å². The van der Waals surface area contributed by atoms with Crippen LogP contribution >= 0.6 is 0 Å². The lowest BCUT2D eigenvalue weighted by Crippen LogP contribution is -2.24. The molecule has 0 aromatic heterocycles. The molecule has 0 saturated heterocycles. The van der Waals surface area contributed by atoms with Gasteiger partial charge in [0.05, 0.1) is 5.76 Å². The number of nitrogens with two attached hydrogens (primary N) is 1. The second-order valence-electron chi connectivity index (χ2n) is 2.57. The van der Waals surface area contributed by atoms with Crippen LogP contribution in [0.15, 0.2) is 11.8 Å². The van der Waals surface area contributed by atoms with Gasteiger partial charge >= 0.3 is 0 Å². The Kier molecular flexibility index (Phi) is 1.94. The molecular weight excluding hydrogens is 130 g/mol. The number of hydrogen-bond acceptors (Lipinski definition) is 2. The van der Waals surface area contributed by atoms with Gasteiger partial charge in [0.15, 0.2) is 0 Å². The van der Waals surface area contributed by atoms with Crippen molar-refractivity contribution in [3.63, 3.8) is 0 Å². The molecule has 1 unspecified atom stereocenters. The normalized spacial score (nSPS) is 25.6. The average molecular weight is 141 g/mol. The van der Waals surface area contributed by atoms with Crippen molar-refractivity contribution in [1.82, 2.24) is 0 Å². The zero-order valence-electron chi connectivity index (χ0n) is 5.71. The van der Waals surface area contributed by atoms with Crippen LogP contribution in [0.1, 0.15) is 19.3 Å². The van der Waals surface area contributed by atoms with Gasteiger partial charge in [-0.1, -0.05) is 0 Å². The number of carbonyl (C=O) groups is 1. The van der Waals surface area contributed by atoms with E-state index in [2.05, 4.69) is 0 Å². The van der Waals surface area contributed by atoms with Gasteiger partial charge in [-0.3, -0.25) is 4.79 Å². The van der Waals surface area contributed by atoms with Crippen LogP contribution < -0.4 is 5.73 Å². The maximum Gasteiger partial charge on any atom is 0.220 e. The van der Waals surface area contributed by atoms with Crippen LogP contribution in [0.5, 0.6) is 0 Å². The Morgan fingerprint density at radius 2 is 2.50 bits per heavy atom. The zero-order chi connectivity index (χ0) is 7.56. The minimum absolute atomic E-state index is 0.0594. The number of primary amides is 1. The summed E-state index contributed by atoms with van der Waals surface area (Å²) >= 11 is 0. The number of aliphatic hydroxyl groups excluding tert-OH is 1. The van der Waals surface area contributed by atoms with Crippen molar-refractivity contribution in [2.45, 2.75) is 19.3 Å². The third-order valence-corrected chi connectivity index (χ3v) is 1.79. The lowest BCUT2D eigenvalue weighted by Gasteiger charge is -2.15. The van der Waals surface area contributed by atoms with E-state index >= 15 is 0 Å². The zero-order valence-corrected chi connectivity index (χ0v) is 5.71. The van der Waals surface area contributed by atoms with Crippen LogP contribution in [-0.2, 0) is 4.79 Å². The molecule has 1 atom stereocenters. The van der Waals surface area contributed by atoms with Crippen LogP contribution in [0.3, 0.4) is 0 Å². The highest BCUT2D eigenvalue weighted by atomic mass is 16.3. The van der Waals surface area contributed by atoms with E-state index in [1.54, 1.807) is 6.08 Å². The monoisotopic (exact) mass is 141 g/mol. The summed E-state index contributed by atoms with van der Waals surface area (Å²) in [5.74, 6) is 0.0668. The summed E-state index contributed by atoms with van der Waals surface area (Å²) in [6.45, 7) is 0. The molecule has 1 aliphatic rings. The Morgan fingerprint density at radius 3 is 2.90 bits per heavy atom. The summed E-state index contributed by atoms with van der Waals surface area (Å²) in [6.07, 6.45) is 3.55. The number of hydrogen-bond donors (Lipinski definition) is 2. The first-order valence-electron chi connectivity index (χ1n) is 3.37. The molecule has 3 heteroatoms. The largest absolute Gasteiger partial charge is 0.513 e. The van der Waals surface area contributed by atoms with E-state index in [9.17, 15) is 4.79 Å². The molecule has 0 heterocycles. The van der Waals surface area contributed by atoms with Crippen molar-refractivity contribution in [2.75, 3.05) is 0 Å². The van der Waals surface area contributed by atoms with E-state index in [0.29, 0.717) is 25.0 Å². The molecule has 1 rings (SSSR count). The molecule has 0 radical (unpaired) electrons. The molecule has 0 aromatic carbocycles. The third kappa shape index (κ3) is 1.50. The fraction of sp³-hybridized carbons (Fsp3) is 0.571. The predicted octanol–water partition coefficient (Wildman–Crippen LogP) is 0.714. The van der Waals surface area contributed by atoms with Gasteiger partial charge in [-0.15, -0.1) is 0 Å². The van der Waals surface area contributed by atoms with Crippen LogP contribution in [0.2, 0.25) is 0 Å². The summed E-state index contributed by atoms with van der Waals surface area (Å²) in [5.41, 5.74) is 5.06. The molecular formula is C7H11NO2. The summed E-state index contributed by atoms with van der Waals surface area (Å²) in [4.78, 5) is 10.6. The molecule has 0 aromatic rings. The molecule has 0 saturated carbocycles. The Bertz CT molecular complexity index is 174.